The molecule has 1 N–H and O–H groups in total. The Morgan fingerprint density at radius 1 is 1.19 bits per heavy atom. The van der Waals surface area contributed by atoms with Crippen molar-refractivity contribution >= 4 is 21.4 Å². The van der Waals surface area contributed by atoms with Gasteiger partial charge in [0.05, 0.1) is 10.9 Å². The van der Waals surface area contributed by atoms with Crippen LogP contribution in [0.25, 0.3) is 0 Å². The number of sulfonamides is 1. The van der Waals surface area contributed by atoms with Gasteiger partial charge in [-0.2, -0.15) is 0 Å². The minimum Gasteiger partial charge on any atom is -0.207 e. The molecule has 21 heavy (non-hydrogen) atoms. The molecule has 0 saturated carbocycles. The van der Waals surface area contributed by atoms with Gasteiger partial charge in [0.25, 0.3) is 0 Å². The second kappa shape index (κ2) is 6.68. The van der Waals surface area contributed by atoms with E-state index in [0.29, 0.717) is 12.3 Å². The molecule has 0 fully saturated rings. The molecule has 0 saturated heterocycles. The van der Waals surface area contributed by atoms with Crippen LogP contribution < -0.4 is 4.72 Å². The number of benzene rings is 1. The van der Waals surface area contributed by atoms with E-state index in [-0.39, 0.29) is 10.9 Å². The first-order valence-corrected chi connectivity index (χ1v) is 9.06. The first kappa shape index (κ1) is 16.1. The van der Waals surface area contributed by atoms with Crippen LogP contribution in [-0.2, 0) is 10.0 Å². The van der Waals surface area contributed by atoms with Crippen molar-refractivity contribution < 1.29 is 12.8 Å². The molecule has 1 aromatic heterocycles. The zero-order valence-corrected chi connectivity index (χ0v) is 13.5. The average Bonchev–Trinajstić information content (AvgIpc) is 2.91. The van der Waals surface area contributed by atoms with E-state index in [0.717, 1.165) is 17.0 Å². The molecule has 0 bridgehead atoms. The van der Waals surface area contributed by atoms with E-state index < -0.39 is 15.8 Å². The van der Waals surface area contributed by atoms with Crippen LogP contribution in [0.4, 0.5) is 4.39 Å². The molecule has 3 nitrogen and oxygen atoms in total. The van der Waals surface area contributed by atoms with Crippen molar-refractivity contribution in [3.05, 3.63) is 52.5 Å². The van der Waals surface area contributed by atoms with Crippen molar-refractivity contribution in [2.75, 3.05) is 0 Å². The summed E-state index contributed by atoms with van der Waals surface area (Å²) in [6, 6.07) is 8.41. The van der Waals surface area contributed by atoms with Gasteiger partial charge in [0.1, 0.15) is 5.82 Å². The van der Waals surface area contributed by atoms with Crippen LogP contribution in [0.15, 0.2) is 46.7 Å². The first-order valence-electron chi connectivity index (χ1n) is 6.70. The summed E-state index contributed by atoms with van der Waals surface area (Å²) in [5.41, 5.74) is 0. The Morgan fingerprint density at radius 3 is 2.38 bits per heavy atom. The minimum absolute atomic E-state index is 0.0780. The lowest BCUT2D eigenvalue weighted by Crippen LogP contribution is -2.29. The van der Waals surface area contributed by atoms with Crippen LogP contribution in [-0.4, -0.2) is 8.42 Å². The third-order valence-electron chi connectivity index (χ3n) is 3.02. The molecule has 0 radical (unpaired) electrons. The van der Waals surface area contributed by atoms with Gasteiger partial charge in [-0.05, 0) is 48.1 Å². The van der Waals surface area contributed by atoms with E-state index in [1.54, 1.807) is 0 Å². The molecular formula is C15H18FNO2S2. The van der Waals surface area contributed by atoms with Gasteiger partial charge in [0.2, 0.25) is 10.0 Å². The van der Waals surface area contributed by atoms with Crippen LogP contribution in [0.5, 0.6) is 0 Å². The number of halogens is 1. The van der Waals surface area contributed by atoms with E-state index in [2.05, 4.69) is 4.72 Å². The standard InChI is InChI=1S/C15H18FNO2S2/c1-11(2)10-14(15-4-3-9-20-15)17-21(18,19)13-7-5-12(16)6-8-13/h3-9,11,14,17H,10H2,1-2H3. The minimum atomic E-state index is -3.66. The van der Waals surface area contributed by atoms with E-state index >= 15 is 0 Å². The molecule has 0 aliphatic heterocycles. The molecule has 1 unspecified atom stereocenters. The fourth-order valence-electron chi connectivity index (χ4n) is 2.05. The summed E-state index contributed by atoms with van der Waals surface area (Å²) in [5, 5.41) is 1.93. The maximum absolute atomic E-state index is 12.9. The van der Waals surface area contributed by atoms with Crippen molar-refractivity contribution in [1.29, 1.82) is 0 Å². The predicted molar refractivity (Wildman–Crippen MR) is 83.2 cm³/mol. The number of nitrogens with one attached hydrogen (secondary N) is 1. The van der Waals surface area contributed by atoms with Gasteiger partial charge in [0, 0.05) is 4.88 Å². The third-order valence-corrected chi connectivity index (χ3v) is 5.49. The van der Waals surface area contributed by atoms with Crippen molar-refractivity contribution in [3.8, 4) is 0 Å². The summed E-state index contributed by atoms with van der Waals surface area (Å²) < 4.78 is 40.4. The highest BCUT2D eigenvalue weighted by atomic mass is 32.2. The second-order valence-corrected chi connectivity index (χ2v) is 7.97. The molecular weight excluding hydrogens is 309 g/mol. The summed E-state index contributed by atoms with van der Waals surface area (Å²) in [5.74, 6) is -0.0982. The Kier molecular flexibility index (Phi) is 5.13. The van der Waals surface area contributed by atoms with Crippen LogP contribution in [0.3, 0.4) is 0 Å². The zero-order chi connectivity index (χ0) is 15.5. The van der Waals surface area contributed by atoms with Crippen LogP contribution in [0.1, 0.15) is 31.2 Å². The maximum atomic E-state index is 12.9. The topological polar surface area (TPSA) is 46.2 Å². The Morgan fingerprint density at radius 2 is 1.86 bits per heavy atom. The Hall–Kier alpha value is -1.24. The molecule has 0 aliphatic carbocycles. The monoisotopic (exact) mass is 327 g/mol. The van der Waals surface area contributed by atoms with Gasteiger partial charge in [0.15, 0.2) is 0 Å². The highest BCUT2D eigenvalue weighted by Gasteiger charge is 2.22. The van der Waals surface area contributed by atoms with E-state index in [9.17, 15) is 12.8 Å². The lowest BCUT2D eigenvalue weighted by molar-refractivity contribution is 0.476. The van der Waals surface area contributed by atoms with Crippen LogP contribution in [0.2, 0.25) is 0 Å². The van der Waals surface area contributed by atoms with Gasteiger partial charge in [-0.25, -0.2) is 17.5 Å². The van der Waals surface area contributed by atoms with Gasteiger partial charge in [-0.15, -0.1) is 11.3 Å². The fourth-order valence-corrected chi connectivity index (χ4v) is 4.15. The van der Waals surface area contributed by atoms with Crippen molar-refractivity contribution in [2.45, 2.75) is 31.2 Å². The number of hydrogen-bond acceptors (Lipinski definition) is 3. The summed E-state index contributed by atoms with van der Waals surface area (Å²) >= 11 is 1.52. The van der Waals surface area contributed by atoms with Gasteiger partial charge in [-0.1, -0.05) is 19.9 Å². The molecule has 6 heteroatoms. The predicted octanol–water partition coefficient (Wildman–Crippen LogP) is 3.95. The Bertz CT molecular complexity index is 664. The molecule has 114 valence electrons. The smallest absolute Gasteiger partial charge is 0.207 e. The molecule has 0 amide bonds. The van der Waals surface area contributed by atoms with Crippen LogP contribution in [0, 0.1) is 11.7 Å². The highest BCUT2D eigenvalue weighted by Crippen LogP contribution is 2.27. The first-order chi connectivity index (χ1) is 9.88. The Balaban J connectivity index is 2.24. The number of thiophene rings is 1. The Labute approximate surface area is 128 Å². The molecule has 1 atom stereocenters. The summed E-state index contributed by atoms with van der Waals surface area (Å²) in [4.78, 5) is 1.06. The summed E-state index contributed by atoms with van der Waals surface area (Å²) in [6.45, 7) is 4.10. The largest absolute Gasteiger partial charge is 0.241 e. The van der Waals surface area contributed by atoms with Crippen molar-refractivity contribution in [2.24, 2.45) is 5.92 Å². The van der Waals surface area contributed by atoms with Gasteiger partial charge >= 0.3 is 0 Å². The van der Waals surface area contributed by atoms with E-state index in [4.69, 9.17) is 0 Å². The van der Waals surface area contributed by atoms with Crippen molar-refractivity contribution in [1.82, 2.24) is 4.72 Å². The molecule has 1 aromatic carbocycles. The second-order valence-electron chi connectivity index (χ2n) is 5.27. The van der Waals surface area contributed by atoms with E-state index in [1.807, 2.05) is 31.4 Å². The molecule has 0 spiro atoms. The SMILES string of the molecule is CC(C)CC(NS(=O)(=O)c1ccc(F)cc1)c1cccs1. The van der Waals surface area contributed by atoms with E-state index in [1.165, 1.54) is 23.5 Å². The summed E-state index contributed by atoms with van der Waals surface area (Å²) in [7, 11) is -3.66. The quantitative estimate of drug-likeness (QED) is 0.873. The number of hydrogen-bond donors (Lipinski definition) is 1. The molecule has 2 aromatic rings. The highest BCUT2D eigenvalue weighted by molar-refractivity contribution is 7.89. The summed E-state index contributed by atoms with van der Waals surface area (Å²) in [6.07, 6.45) is 0.709. The van der Waals surface area contributed by atoms with Gasteiger partial charge in [-0.3, -0.25) is 0 Å². The maximum Gasteiger partial charge on any atom is 0.241 e. The lowest BCUT2D eigenvalue weighted by Gasteiger charge is -2.19. The average molecular weight is 327 g/mol. The van der Waals surface area contributed by atoms with Gasteiger partial charge < -0.3 is 0 Å². The van der Waals surface area contributed by atoms with Crippen molar-refractivity contribution in [3.63, 3.8) is 0 Å². The number of rotatable bonds is 6. The normalized spacial score (nSPS) is 13.5. The lowest BCUT2D eigenvalue weighted by atomic mass is 10.0. The third kappa shape index (κ3) is 4.36. The molecule has 2 rings (SSSR count). The van der Waals surface area contributed by atoms with Crippen LogP contribution >= 0.6 is 11.3 Å². The zero-order valence-electron chi connectivity index (χ0n) is 11.9. The molecule has 0 aliphatic rings. The molecule has 1 heterocycles. The fraction of sp³-hybridized carbons (Fsp3) is 0.333.